The van der Waals surface area contributed by atoms with Crippen LogP contribution in [0.1, 0.15) is 38.5 Å². The Hall–Kier alpha value is 0.230. The van der Waals surface area contributed by atoms with Crippen LogP contribution in [0.3, 0.4) is 0 Å². The van der Waals surface area contributed by atoms with E-state index in [1.807, 2.05) is 11.8 Å². The van der Waals surface area contributed by atoms with Crippen molar-refractivity contribution in [3.63, 3.8) is 0 Å². The van der Waals surface area contributed by atoms with Crippen LogP contribution in [0.15, 0.2) is 0 Å². The summed E-state index contributed by atoms with van der Waals surface area (Å²) < 4.78 is 0. The number of nitrogens with zero attached hydrogens (tertiary/aromatic N) is 2. The van der Waals surface area contributed by atoms with E-state index in [1.54, 1.807) is 0 Å². The van der Waals surface area contributed by atoms with Crippen molar-refractivity contribution in [2.24, 2.45) is 0 Å². The molecule has 3 nitrogen and oxygen atoms in total. The zero-order valence-corrected chi connectivity index (χ0v) is 13.2. The average Bonchev–Trinajstić information content (AvgIpc) is 2.68. The summed E-state index contributed by atoms with van der Waals surface area (Å²) in [6, 6.07) is 0.426. The number of rotatable bonds is 5. The largest absolute Gasteiger partial charge is 0.390 e. The summed E-state index contributed by atoms with van der Waals surface area (Å²) in [4.78, 5) is 5.02. The summed E-state index contributed by atoms with van der Waals surface area (Å²) in [5.74, 6) is 1.24. The molecule has 0 aliphatic carbocycles. The second-order valence-corrected chi connectivity index (χ2v) is 7.01. The molecule has 0 unspecified atom stereocenters. The van der Waals surface area contributed by atoms with Gasteiger partial charge in [-0.2, -0.15) is 11.8 Å². The predicted molar refractivity (Wildman–Crippen MR) is 83.9 cm³/mol. The lowest BCUT2D eigenvalue weighted by Crippen LogP contribution is -2.54. The highest BCUT2D eigenvalue weighted by molar-refractivity contribution is 7.98. The minimum absolute atomic E-state index is 0.138. The minimum Gasteiger partial charge on any atom is -0.390 e. The molecule has 0 amide bonds. The maximum absolute atomic E-state index is 10.5. The summed E-state index contributed by atoms with van der Waals surface area (Å²) in [6.45, 7) is 5.62. The summed E-state index contributed by atoms with van der Waals surface area (Å²) in [5, 5.41) is 10.5. The number of thioether (sulfide) groups is 1. The average molecular weight is 286 g/mol. The molecule has 2 aliphatic heterocycles. The van der Waals surface area contributed by atoms with Crippen LogP contribution in [-0.2, 0) is 0 Å². The first-order chi connectivity index (χ1) is 9.31. The lowest BCUT2D eigenvalue weighted by molar-refractivity contribution is -0.0118. The number of piperidine rings is 1. The van der Waals surface area contributed by atoms with Crippen LogP contribution in [0, 0.1) is 0 Å². The molecule has 2 fully saturated rings. The Kier molecular flexibility index (Phi) is 6.99. The first-order valence-electron chi connectivity index (χ1n) is 7.94. The maximum Gasteiger partial charge on any atom is 0.0822 e. The molecule has 0 saturated carbocycles. The highest BCUT2D eigenvalue weighted by atomic mass is 32.2. The normalized spacial score (nSPS) is 31.3. The van der Waals surface area contributed by atoms with Crippen LogP contribution in [-0.4, -0.2) is 71.8 Å². The molecule has 19 heavy (non-hydrogen) atoms. The fraction of sp³-hybridized carbons (Fsp3) is 1.00. The van der Waals surface area contributed by atoms with Gasteiger partial charge in [-0.05, 0) is 63.9 Å². The van der Waals surface area contributed by atoms with E-state index >= 15 is 0 Å². The molecule has 2 heterocycles. The van der Waals surface area contributed by atoms with Crippen LogP contribution in [0.4, 0.5) is 0 Å². The number of aliphatic hydroxyl groups excluding tert-OH is 1. The highest BCUT2D eigenvalue weighted by Crippen LogP contribution is 2.21. The van der Waals surface area contributed by atoms with E-state index in [0.717, 1.165) is 19.5 Å². The zero-order chi connectivity index (χ0) is 13.5. The molecule has 1 N–H and O–H groups in total. The highest BCUT2D eigenvalue weighted by Gasteiger charge is 2.31. The van der Waals surface area contributed by atoms with E-state index in [2.05, 4.69) is 16.1 Å². The van der Waals surface area contributed by atoms with Crippen molar-refractivity contribution in [3.05, 3.63) is 0 Å². The maximum atomic E-state index is 10.5. The summed E-state index contributed by atoms with van der Waals surface area (Å²) in [6.07, 6.45) is 9.83. The van der Waals surface area contributed by atoms with Gasteiger partial charge in [0, 0.05) is 12.6 Å². The van der Waals surface area contributed by atoms with Crippen LogP contribution in [0.5, 0.6) is 0 Å². The van der Waals surface area contributed by atoms with Gasteiger partial charge in [0.15, 0.2) is 0 Å². The Morgan fingerprint density at radius 3 is 2.47 bits per heavy atom. The second-order valence-electron chi connectivity index (χ2n) is 6.02. The standard InChI is InChI=1S/C15H30N2OS/c1-19-12-6-8-16-11-7-14(15(18)13-16)17-9-4-2-3-5-10-17/h14-15,18H,2-13H2,1H3/t14-,15-/m1/s1. The van der Waals surface area contributed by atoms with Crippen LogP contribution < -0.4 is 0 Å². The van der Waals surface area contributed by atoms with E-state index in [4.69, 9.17) is 0 Å². The van der Waals surface area contributed by atoms with Crippen molar-refractivity contribution in [1.29, 1.82) is 0 Å². The molecule has 4 heteroatoms. The summed E-state index contributed by atoms with van der Waals surface area (Å²) in [7, 11) is 0. The molecule has 0 spiro atoms. The molecule has 0 aromatic rings. The predicted octanol–water partition coefficient (Wildman–Crippen LogP) is 2.05. The number of hydrogen-bond donors (Lipinski definition) is 1. The van der Waals surface area contributed by atoms with Gasteiger partial charge in [-0.15, -0.1) is 0 Å². The molecule has 0 bridgehead atoms. The smallest absolute Gasteiger partial charge is 0.0822 e. The van der Waals surface area contributed by atoms with Gasteiger partial charge in [0.25, 0.3) is 0 Å². The zero-order valence-electron chi connectivity index (χ0n) is 12.4. The van der Waals surface area contributed by atoms with Crippen LogP contribution in [0.2, 0.25) is 0 Å². The Balaban J connectivity index is 1.75. The molecule has 2 rings (SSSR count). The SMILES string of the molecule is CSCCCN1CC[C@@H](N2CCCCCC2)[C@H](O)C1. The van der Waals surface area contributed by atoms with Gasteiger partial charge in [0.05, 0.1) is 6.10 Å². The lowest BCUT2D eigenvalue weighted by Gasteiger charge is -2.41. The van der Waals surface area contributed by atoms with Crippen molar-refractivity contribution in [2.45, 2.75) is 50.7 Å². The lowest BCUT2D eigenvalue weighted by atomic mass is 9.99. The molecular weight excluding hydrogens is 256 g/mol. The van der Waals surface area contributed by atoms with Gasteiger partial charge in [0.1, 0.15) is 0 Å². The Bertz CT molecular complexity index is 244. The molecule has 0 radical (unpaired) electrons. The third kappa shape index (κ3) is 4.92. The van der Waals surface area contributed by atoms with Gasteiger partial charge < -0.3 is 10.0 Å². The van der Waals surface area contributed by atoms with E-state index < -0.39 is 0 Å². The summed E-state index contributed by atoms with van der Waals surface area (Å²) in [5.41, 5.74) is 0. The fourth-order valence-electron chi connectivity index (χ4n) is 3.47. The van der Waals surface area contributed by atoms with E-state index in [1.165, 1.54) is 57.5 Å². The number of aliphatic hydroxyl groups is 1. The van der Waals surface area contributed by atoms with Crippen molar-refractivity contribution in [3.8, 4) is 0 Å². The van der Waals surface area contributed by atoms with Crippen molar-refractivity contribution in [1.82, 2.24) is 9.80 Å². The second kappa shape index (κ2) is 8.50. The van der Waals surface area contributed by atoms with Crippen LogP contribution in [0.25, 0.3) is 0 Å². The van der Waals surface area contributed by atoms with Crippen molar-refractivity contribution >= 4 is 11.8 Å². The third-order valence-corrected chi connectivity index (χ3v) is 5.26. The third-order valence-electron chi connectivity index (χ3n) is 4.56. The monoisotopic (exact) mass is 286 g/mol. The number of likely N-dealkylation sites (tertiary alicyclic amines) is 2. The van der Waals surface area contributed by atoms with Gasteiger partial charge in [0.2, 0.25) is 0 Å². The topological polar surface area (TPSA) is 26.7 Å². The van der Waals surface area contributed by atoms with Gasteiger partial charge in [-0.3, -0.25) is 4.90 Å². The molecule has 2 aliphatic rings. The quantitative estimate of drug-likeness (QED) is 0.783. The first kappa shape index (κ1) is 15.6. The minimum atomic E-state index is -0.138. The molecule has 0 aromatic heterocycles. The van der Waals surface area contributed by atoms with Gasteiger partial charge >= 0.3 is 0 Å². The first-order valence-corrected chi connectivity index (χ1v) is 9.34. The van der Waals surface area contributed by atoms with Crippen LogP contribution >= 0.6 is 11.8 Å². The van der Waals surface area contributed by atoms with Crippen molar-refractivity contribution < 1.29 is 5.11 Å². The van der Waals surface area contributed by atoms with E-state index in [-0.39, 0.29) is 6.10 Å². The van der Waals surface area contributed by atoms with E-state index in [0.29, 0.717) is 6.04 Å². The molecule has 2 saturated heterocycles. The molecule has 2 atom stereocenters. The van der Waals surface area contributed by atoms with Crippen molar-refractivity contribution in [2.75, 3.05) is 44.7 Å². The Labute approximate surface area is 122 Å². The van der Waals surface area contributed by atoms with Gasteiger partial charge in [-0.25, -0.2) is 0 Å². The molecule has 0 aromatic carbocycles. The van der Waals surface area contributed by atoms with E-state index in [9.17, 15) is 5.11 Å². The van der Waals surface area contributed by atoms with Gasteiger partial charge in [-0.1, -0.05) is 12.8 Å². The fourth-order valence-corrected chi connectivity index (χ4v) is 3.89. The number of β-amino-alcohol motifs (C(OH)–C–C–N with tert-alkyl or cyclic N) is 1. The Morgan fingerprint density at radius 1 is 1.11 bits per heavy atom. The summed E-state index contributed by atoms with van der Waals surface area (Å²) >= 11 is 1.92. The Morgan fingerprint density at radius 2 is 1.84 bits per heavy atom. The number of hydrogen-bond acceptors (Lipinski definition) is 4. The molecule has 112 valence electrons. The molecular formula is C15H30N2OS.